The van der Waals surface area contributed by atoms with Crippen molar-refractivity contribution in [1.29, 1.82) is 0 Å². The van der Waals surface area contributed by atoms with Crippen LogP contribution in [0.15, 0.2) is 0 Å². The van der Waals surface area contributed by atoms with E-state index in [1.54, 1.807) is 0 Å². The van der Waals surface area contributed by atoms with Crippen LogP contribution in [-0.4, -0.2) is 49.3 Å². The molecule has 0 aromatic heterocycles. The average Bonchev–Trinajstić information content (AvgIpc) is 2.19. The fourth-order valence-electron chi connectivity index (χ4n) is 0.897. The van der Waals surface area contributed by atoms with Gasteiger partial charge in [0, 0.05) is 6.54 Å². The molecule has 0 aliphatic heterocycles. The first-order valence-corrected chi connectivity index (χ1v) is 7.97. The lowest BCUT2D eigenvalue weighted by molar-refractivity contribution is -0.138. The first-order valence-electron chi connectivity index (χ1n) is 4.94. The van der Waals surface area contributed by atoms with Gasteiger partial charge in [0.25, 0.3) is 0 Å². The Balaban J connectivity index is 0. The molecule has 0 aromatic rings. The zero-order chi connectivity index (χ0) is 16.6. The first kappa shape index (κ1) is 21.9. The monoisotopic (exact) mass is 342 g/mol. The number of hydrogen-bond donors (Lipinski definition) is 7. The van der Waals surface area contributed by atoms with E-state index >= 15 is 0 Å². The Morgan fingerprint density at radius 1 is 1.20 bits per heavy atom. The van der Waals surface area contributed by atoms with Crippen molar-refractivity contribution in [3.8, 4) is 0 Å². The second kappa shape index (κ2) is 9.50. The molecule has 0 aromatic carbocycles. The Morgan fingerprint density at radius 3 is 1.85 bits per heavy atom. The molecule has 0 rings (SSSR count). The van der Waals surface area contributed by atoms with E-state index in [1.165, 1.54) is 0 Å². The summed E-state index contributed by atoms with van der Waals surface area (Å²) in [6, 6.07) is -1.08. The summed E-state index contributed by atoms with van der Waals surface area (Å²) in [4.78, 5) is 41.2. The number of rotatable bonds is 7. The van der Waals surface area contributed by atoms with Gasteiger partial charge in [0.2, 0.25) is 0 Å². The molecule has 122 valence electrons. The van der Waals surface area contributed by atoms with Gasteiger partial charge in [-0.25, -0.2) is 9.13 Å². The van der Waals surface area contributed by atoms with E-state index in [1.807, 2.05) is 0 Å². The standard InChI is InChI=1S/C6H15N2O6P.FH2O3P/c7-3-4(14-15(11,12)13)1-2-5(8)6(9)10;1-5(2,3)4/h4-5H,1-3,7-8H2,(H,9,10)(H2,11,12,13);(H2,2,3,4)/t4-,5+;/m1./s1. The number of phosphoric acid groups is 1. The summed E-state index contributed by atoms with van der Waals surface area (Å²) in [6.07, 6.45) is -0.775. The lowest BCUT2D eigenvalue weighted by atomic mass is 10.1. The maximum Gasteiger partial charge on any atom is 0.507 e. The second-order valence-electron chi connectivity index (χ2n) is 3.45. The van der Waals surface area contributed by atoms with Gasteiger partial charge in [-0.3, -0.25) is 19.1 Å². The highest BCUT2D eigenvalue weighted by Gasteiger charge is 2.22. The molecule has 0 fully saturated rings. The number of nitrogens with two attached hydrogens (primary N) is 2. The van der Waals surface area contributed by atoms with Crippen molar-refractivity contribution in [2.24, 2.45) is 11.5 Å². The lowest BCUT2D eigenvalue weighted by Crippen LogP contribution is -2.32. The third-order valence-electron chi connectivity index (χ3n) is 1.67. The van der Waals surface area contributed by atoms with Crippen LogP contribution < -0.4 is 11.5 Å². The van der Waals surface area contributed by atoms with Crippen LogP contribution in [0.4, 0.5) is 4.20 Å². The topological polar surface area (TPSA) is 214 Å². The van der Waals surface area contributed by atoms with E-state index in [2.05, 4.69) is 4.52 Å². The summed E-state index contributed by atoms with van der Waals surface area (Å²) in [6.45, 7) is -0.114. The zero-order valence-electron chi connectivity index (χ0n) is 10.1. The Hall–Kier alpha value is -0.420. The predicted octanol–water partition coefficient (Wildman–Crippen LogP) is -1.34. The summed E-state index contributed by atoms with van der Waals surface area (Å²) in [5.41, 5.74) is 10.4. The molecule has 9 N–H and O–H groups in total. The minimum atomic E-state index is -5.14. The van der Waals surface area contributed by atoms with Crippen molar-refractivity contribution in [3.05, 3.63) is 0 Å². The Labute approximate surface area is 113 Å². The minimum Gasteiger partial charge on any atom is -0.480 e. The molecule has 0 unspecified atom stereocenters. The van der Waals surface area contributed by atoms with Gasteiger partial charge >= 0.3 is 21.7 Å². The summed E-state index contributed by atoms with van der Waals surface area (Å²) < 4.78 is 33.8. The number of carboxylic acid groups (broad SMARTS) is 1. The zero-order valence-corrected chi connectivity index (χ0v) is 11.9. The molecule has 0 saturated heterocycles. The van der Waals surface area contributed by atoms with Crippen LogP contribution in [-0.2, 0) is 18.4 Å². The smallest absolute Gasteiger partial charge is 0.480 e. The van der Waals surface area contributed by atoms with E-state index < -0.39 is 33.8 Å². The Morgan fingerprint density at radius 2 is 1.60 bits per heavy atom. The van der Waals surface area contributed by atoms with E-state index in [9.17, 15) is 13.6 Å². The Bertz CT molecular complexity index is 374. The average molecular weight is 342 g/mol. The van der Waals surface area contributed by atoms with Crippen LogP contribution in [0.5, 0.6) is 0 Å². The molecule has 0 spiro atoms. The molecule has 2 atom stereocenters. The van der Waals surface area contributed by atoms with E-state index in [4.69, 9.17) is 40.7 Å². The summed E-state index contributed by atoms with van der Waals surface area (Å²) in [7, 11) is -9.73. The number of hydrogen-bond acceptors (Lipinski definition) is 6. The molecule has 0 aliphatic carbocycles. The number of carboxylic acids is 1. The third-order valence-corrected chi connectivity index (χ3v) is 2.24. The maximum atomic E-state index is 10.4. The van der Waals surface area contributed by atoms with Gasteiger partial charge in [0.15, 0.2) is 0 Å². The van der Waals surface area contributed by atoms with Crippen molar-refractivity contribution >= 4 is 21.7 Å². The van der Waals surface area contributed by atoms with Crippen molar-refractivity contribution in [1.82, 2.24) is 0 Å². The molecule has 0 saturated carbocycles. The molecule has 0 aliphatic rings. The first-order chi connectivity index (χ1) is 8.76. The molecule has 11 nitrogen and oxygen atoms in total. The van der Waals surface area contributed by atoms with Crippen LogP contribution in [0.1, 0.15) is 12.8 Å². The normalized spacial score (nSPS) is 14.9. The summed E-state index contributed by atoms with van der Waals surface area (Å²) >= 11 is 0. The van der Waals surface area contributed by atoms with Crippen molar-refractivity contribution in [2.45, 2.75) is 25.0 Å². The molecule has 14 heteroatoms. The molecular formula is C6H17FN2O9P2. The van der Waals surface area contributed by atoms with Crippen molar-refractivity contribution in [2.75, 3.05) is 6.54 Å². The van der Waals surface area contributed by atoms with Crippen LogP contribution in [0.3, 0.4) is 0 Å². The fourth-order valence-corrected chi connectivity index (χ4v) is 1.48. The van der Waals surface area contributed by atoms with E-state index in [-0.39, 0.29) is 19.4 Å². The fraction of sp³-hybridized carbons (Fsp3) is 0.833. The van der Waals surface area contributed by atoms with Gasteiger partial charge in [-0.2, -0.15) is 0 Å². The van der Waals surface area contributed by atoms with Crippen molar-refractivity contribution < 1.29 is 47.3 Å². The van der Waals surface area contributed by atoms with Crippen LogP contribution in [0, 0.1) is 0 Å². The van der Waals surface area contributed by atoms with Crippen LogP contribution in [0.2, 0.25) is 0 Å². The van der Waals surface area contributed by atoms with Gasteiger partial charge in [-0.15, -0.1) is 4.20 Å². The third kappa shape index (κ3) is 19.9. The molecule has 20 heavy (non-hydrogen) atoms. The van der Waals surface area contributed by atoms with Gasteiger partial charge in [0.05, 0.1) is 6.10 Å². The maximum absolute atomic E-state index is 10.4. The lowest BCUT2D eigenvalue weighted by Gasteiger charge is -2.17. The van der Waals surface area contributed by atoms with Crippen molar-refractivity contribution in [3.63, 3.8) is 0 Å². The molecule has 0 radical (unpaired) electrons. The highest BCUT2D eigenvalue weighted by Crippen LogP contribution is 2.38. The Kier molecular flexibility index (Phi) is 10.4. The van der Waals surface area contributed by atoms with Gasteiger partial charge < -0.3 is 26.4 Å². The van der Waals surface area contributed by atoms with Gasteiger partial charge in [-0.05, 0) is 12.8 Å². The summed E-state index contributed by atoms with van der Waals surface area (Å²) in [5, 5.41) is 8.45. The molecule has 0 bridgehead atoms. The largest absolute Gasteiger partial charge is 0.507 e. The number of carbonyl (C=O) groups is 1. The van der Waals surface area contributed by atoms with Crippen LogP contribution >= 0.6 is 15.7 Å². The number of phosphoric ester groups is 1. The molecule has 0 heterocycles. The second-order valence-corrected chi connectivity index (χ2v) is 5.59. The highest BCUT2D eigenvalue weighted by molar-refractivity contribution is 7.46. The number of aliphatic carboxylic acids is 1. The summed E-state index contributed by atoms with van der Waals surface area (Å²) in [5.74, 6) is -1.18. The highest BCUT2D eigenvalue weighted by atomic mass is 31.2. The van der Waals surface area contributed by atoms with E-state index in [0.717, 1.165) is 0 Å². The molecule has 0 amide bonds. The molecular weight excluding hydrogens is 325 g/mol. The van der Waals surface area contributed by atoms with Gasteiger partial charge in [-0.1, -0.05) is 0 Å². The number of halogens is 1. The van der Waals surface area contributed by atoms with Gasteiger partial charge in [0.1, 0.15) is 6.04 Å². The minimum absolute atomic E-state index is 0.0389. The van der Waals surface area contributed by atoms with E-state index in [0.29, 0.717) is 0 Å². The van der Waals surface area contributed by atoms with Crippen LogP contribution in [0.25, 0.3) is 0 Å². The quantitative estimate of drug-likeness (QED) is 0.269. The SMILES string of the molecule is NC[C@@H](CC[C@H](N)C(=O)O)OP(=O)(O)O.O=P(O)(O)F. The predicted molar refractivity (Wildman–Crippen MR) is 64.0 cm³/mol.